The molecular formula is C16H15ClN4O3S. The second-order valence-corrected chi connectivity index (χ2v) is 6.67. The number of hydrogen-bond acceptors (Lipinski definition) is 5. The standard InChI is InChI=1S/C16H15ClN4O3S/c1-9(13-7-8-14(17)25-13)20-21-16(24)15(23)19-12-5-3-11(4-6-12)18-10(2)22/h3-8H,1-2H3,(H,18,22)(H,19,23)(H,21,24). The van der Waals surface area contributed by atoms with Gasteiger partial charge < -0.3 is 10.6 Å². The number of nitrogens with one attached hydrogen (secondary N) is 3. The Morgan fingerprint density at radius 2 is 1.52 bits per heavy atom. The van der Waals surface area contributed by atoms with Gasteiger partial charge in [0, 0.05) is 18.3 Å². The molecule has 0 spiro atoms. The van der Waals surface area contributed by atoms with Gasteiger partial charge in [-0.3, -0.25) is 14.4 Å². The van der Waals surface area contributed by atoms with Gasteiger partial charge in [0.25, 0.3) is 0 Å². The van der Waals surface area contributed by atoms with E-state index >= 15 is 0 Å². The summed E-state index contributed by atoms with van der Waals surface area (Å²) in [7, 11) is 0. The lowest BCUT2D eigenvalue weighted by Crippen LogP contribution is -2.32. The van der Waals surface area contributed by atoms with Crippen molar-refractivity contribution >= 4 is 57.7 Å². The van der Waals surface area contributed by atoms with Gasteiger partial charge in [0.1, 0.15) is 0 Å². The number of thiophene rings is 1. The number of hydrazone groups is 1. The van der Waals surface area contributed by atoms with Crippen molar-refractivity contribution in [3.8, 4) is 0 Å². The zero-order chi connectivity index (χ0) is 18.4. The molecule has 0 bridgehead atoms. The van der Waals surface area contributed by atoms with Crippen LogP contribution < -0.4 is 16.1 Å². The highest BCUT2D eigenvalue weighted by molar-refractivity contribution is 7.18. The average molecular weight is 379 g/mol. The molecule has 1 aromatic heterocycles. The van der Waals surface area contributed by atoms with Crippen LogP contribution in [0.15, 0.2) is 41.5 Å². The van der Waals surface area contributed by atoms with E-state index in [0.29, 0.717) is 21.4 Å². The molecule has 2 aromatic rings. The summed E-state index contributed by atoms with van der Waals surface area (Å²) in [5.74, 6) is -1.95. The van der Waals surface area contributed by atoms with Crippen molar-refractivity contribution in [2.45, 2.75) is 13.8 Å². The van der Waals surface area contributed by atoms with Crippen LogP contribution in [-0.4, -0.2) is 23.4 Å². The van der Waals surface area contributed by atoms with Crippen LogP contribution in [0.25, 0.3) is 0 Å². The molecule has 0 unspecified atom stereocenters. The third-order valence-electron chi connectivity index (χ3n) is 2.92. The summed E-state index contributed by atoms with van der Waals surface area (Å²) in [6, 6.07) is 9.85. The van der Waals surface area contributed by atoms with Gasteiger partial charge in [-0.15, -0.1) is 11.3 Å². The Kier molecular flexibility index (Phi) is 6.26. The topological polar surface area (TPSA) is 99.7 Å². The first-order valence-corrected chi connectivity index (χ1v) is 8.33. The predicted molar refractivity (Wildman–Crippen MR) is 99.1 cm³/mol. The fourth-order valence-corrected chi connectivity index (χ4v) is 2.77. The zero-order valence-electron chi connectivity index (χ0n) is 13.4. The minimum absolute atomic E-state index is 0.198. The summed E-state index contributed by atoms with van der Waals surface area (Å²) >= 11 is 7.15. The number of anilines is 2. The van der Waals surface area contributed by atoms with E-state index in [9.17, 15) is 14.4 Å². The number of hydrogen-bond donors (Lipinski definition) is 3. The Morgan fingerprint density at radius 1 is 0.920 bits per heavy atom. The lowest BCUT2D eigenvalue weighted by molar-refractivity contribution is -0.136. The van der Waals surface area contributed by atoms with E-state index in [1.165, 1.54) is 18.3 Å². The van der Waals surface area contributed by atoms with Crippen LogP contribution in [0.4, 0.5) is 11.4 Å². The number of benzene rings is 1. The molecule has 3 N–H and O–H groups in total. The quantitative estimate of drug-likeness (QED) is 0.433. The first-order chi connectivity index (χ1) is 11.8. The number of rotatable bonds is 4. The highest BCUT2D eigenvalue weighted by atomic mass is 35.5. The van der Waals surface area contributed by atoms with Crippen LogP contribution in [0.3, 0.4) is 0 Å². The Balaban J connectivity index is 1.91. The van der Waals surface area contributed by atoms with Gasteiger partial charge in [0.15, 0.2) is 0 Å². The van der Waals surface area contributed by atoms with E-state index in [1.54, 1.807) is 43.3 Å². The molecule has 9 heteroatoms. The predicted octanol–water partition coefficient (Wildman–Crippen LogP) is 2.84. The van der Waals surface area contributed by atoms with Crippen molar-refractivity contribution in [1.82, 2.24) is 5.43 Å². The summed E-state index contributed by atoms with van der Waals surface area (Å²) in [5, 5.41) is 8.92. The number of carbonyl (C=O) groups is 3. The number of halogens is 1. The molecule has 7 nitrogen and oxygen atoms in total. The van der Waals surface area contributed by atoms with Gasteiger partial charge in [-0.05, 0) is 43.3 Å². The maximum absolute atomic E-state index is 11.8. The molecule has 2 rings (SSSR count). The minimum atomic E-state index is -0.895. The molecule has 0 saturated carbocycles. The Labute approximate surface area is 153 Å². The summed E-state index contributed by atoms with van der Waals surface area (Å²) in [4.78, 5) is 35.4. The van der Waals surface area contributed by atoms with E-state index in [1.807, 2.05) is 0 Å². The lowest BCUT2D eigenvalue weighted by atomic mass is 10.2. The molecule has 3 amide bonds. The normalized spacial score (nSPS) is 10.9. The van der Waals surface area contributed by atoms with Crippen LogP contribution in [0.5, 0.6) is 0 Å². The average Bonchev–Trinajstić information content (AvgIpc) is 3.00. The molecule has 0 aliphatic rings. The van der Waals surface area contributed by atoms with Crippen molar-refractivity contribution in [3.63, 3.8) is 0 Å². The lowest BCUT2D eigenvalue weighted by Gasteiger charge is -2.06. The molecule has 130 valence electrons. The first kappa shape index (κ1) is 18.6. The van der Waals surface area contributed by atoms with Crippen LogP contribution >= 0.6 is 22.9 Å². The highest BCUT2D eigenvalue weighted by Crippen LogP contribution is 2.21. The van der Waals surface area contributed by atoms with Crippen molar-refractivity contribution in [2.24, 2.45) is 5.10 Å². The molecule has 0 aliphatic heterocycles. The van der Waals surface area contributed by atoms with Crippen LogP contribution in [-0.2, 0) is 14.4 Å². The molecule has 1 heterocycles. The Hall–Kier alpha value is -2.71. The third-order valence-corrected chi connectivity index (χ3v) is 4.26. The van der Waals surface area contributed by atoms with Crippen molar-refractivity contribution in [3.05, 3.63) is 45.6 Å². The number of amides is 3. The SMILES string of the molecule is CC(=O)Nc1ccc(NC(=O)C(=O)NN=C(C)c2ccc(Cl)s2)cc1. The fourth-order valence-electron chi connectivity index (χ4n) is 1.78. The monoisotopic (exact) mass is 378 g/mol. The van der Waals surface area contributed by atoms with Crippen LogP contribution in [0, 0.1) is 0 Å². The summed E-state index contributed by atoms with van der Waals surface area (Å²) < 4.78 is 0.608. The van der Waals surface area contributed by atoms with Gasteiger partial charge >= 0.3 is 11.8 Å². The van der Waals surface area contributed by atoms with Crippen LogP contribution in [0.2, 0.25) is 4.34 Å². The van der Waals surface area contributed by atoms with Crippen molar-refractivity contribution < 1.29 is 14.4 Å². The summed E-state index contributed by atoms with van der Waals surface area (Å²) in [6.07, 6.45) is 0. The van der Waals surface area contributed by atoms with Gasteiger partial charge in [0.2, 0.25) is 5.91 Å². The molecule has 0 saturated heterocycles. The maximum atomic E-state index is 11.8. The van der Waals surface area contributed by atoms with E-state index in [4.69, 9.17) is 11.6 Å². The molecular weight excluding hydrogens is 364 g/mol. The summed E-state index contributed by atoms with van der Waals surface area (Å²) in [6.45, 7) is 3.09. The van der Waals surface area contributed by atoms with Crippen molar-refractivity contribution in [1.29, 1.82) is 0 Å². The molecule has 0 atom stereocenters. The molecule has 0 radical (unpaired) electrons. The Morgan fingerprint density at radius 3 is 2.04 bits per heavy atom. The largest absolute Gasteiger partial charge is 0.329 e. The zero-order valence-corrected chi connectivity index (χ0v) is 15.0. The van der Waals surface area contributed by atoms with Crippen LogP contribution in [0.1, 0.15) is 18.7 Å². The third kappa shape index (κ3) is 5.70. The van der Waals surface area contributed by atoms with E-state index in [0.717, 1.165) is 4.88 Å². The fraction of sp³-hybridized carbons (Fsp3) is 0.125. The minimum Gasteiger partial charge on any atom is -0.326 e. The van der Waals surface area contributed by atoms with Crippen molar-refractivity contribution in [2.75, 3.05) is 10.6 Å². The summed E-state index contributed by atoms with van der Waals surface area (Å²) in [5.41, 5.74) is 3.74. The number of carbonyl (C=O) groups excluding carboxylic acids is 3. The molecule has 1 aromatic carbocycles. The second-order valence-electron chi connectivity index (χ2n) is 4.95. The second kappa shape index (κ2) is 8.41. The van der Waals surface area contributed by atoms with E-state index in [2.05, 4.69) is 21.2 Å². The maximum Gasteiger partial charge on any atom is 0.329 e. The van der Waals surface area contributed by atoms with Gasteiger partial charge in [-0.25, -0.2) is 5.43 Å². The molecule has 25 heavy (non-hydrogen) atoms. The first-order valence-electron chi connectivity index (χ1n) is 7.14. The Bertz CT molecular complexity index is 830. The van der Waals surface area contributed by atoms with Gasteiger partial charge in [0.05, 0.1) is 14.9 Å². The van der Waals surface area contributed by atoms with E-state index in [-0.39, 0.29) is 5.91 Å². The highest BCUT2D eigenvalue weighted by Gasteiger charge is 2.13. The molecule has 0 fully saturated rings. The number of nitrogens with zero attached hydrogens (tertiary/aromatic N) is 1. The van der Waals surface area contributed by atoms with Gasteiger partial charge in [-0.2, -0.15) is 5.10 Å². The van der Waals surface area contributed by atoms with Gasteiger partial charge in [-0.1, -0.05) is 11.6 Å². The smallest absolute Gasteiger partial charge is 0.326 e. The van der Waals surface area contributed by atoms with E-state index < -0.39 is 11.8 Å². The molecule has 0 aliphatic carbocycles.